The van der Waals surface area contributed by atoms with Crippen LogP contribution in [0.1, 0.15) is 30.9 Å². The quantitative estimate of drug-likeness (QED) is 0.825. The van der Waals surface area contributed by atoms with Crippen LogP contribution in [0.25, 0.3) is 0 Å². The molecule has 22 heavy (non-hydrogen) atoms. The van der Waals surface area contributed by atoms with Gasteiger partial charge in [-0.2, -0.15) is 0 Å². The van der Waals surface area contributed by atoms with Crippen molar-refractivity contribution in [2.45, 2.75) is 33.2 Å². The summed E-state index contributed by atoms with van der Waals surface area (Å²) in [6, 6.07) is 12.3. The van der Waals surface area contributed by atoms with Crippen LogP contribution in [-0.2, 0) is 11.3 Å². The molecular formula is C18H21FN2O. The molecule has 0 fully saturated rings. The topological polar surface area (TPSA) is 41.1 Å². The normalized spacial score (nSPS) is 10.3. The molecule has 0 aliphatic heterocycles. The summed E-state index contributed by atoms with van der Waals surface area (Å²) in [4.78, 5) is 11.6. The fourth-order valence-corrected chi connectivity index (χ4v) is 2.22. The molecule has 3 nitrogen and oxygen atoms in total. The Morgan fingerprint density at radius 3 is 2.68 bits per heavy atom. The minimum absolute atomic E-state index is 0.0382. The third kappa shape index (κ3) is 4.58. The lowest BCUT2D eigenvalue weighted by molar-refractivity contribution is -0.116. The average Bonchev–Trinajstić information content (AvgIpc) is 2.48. The van der Waals surface area contributed by atoms with Crippen molar-refractivity contribution in [3.8, 4) is 0 Å². The van der Waals surface area contributed by atoms with Crippen molar-refractivity contribution in [3.63, 3.8) is 0 Å². The molecular weight excluding hydrogens is 279 g/mol. The van der Waals surface area contributed by atoms with E-state index in [9.17, 15) is 9.18 Å². The molecule has 1 amide bonds. The van der Waals surface area contributed by atoms with Gasteiger partial charge in [0.25, 0.3) is 0 Å². The van der Waals surface area contributed by atoms with Gasteiger partial charge in [-0.1, -0.05) is 25.1 Å². The molecule has 0 radical (unpaired) electrons. The van der Waals surface area contributed by atoms with Crippen LogP contribution >= 0.6 is 0 Å². The van der Waals surface area contributed by atoms with Crippen molar-refractivity contribution in [3.05, 3.63) is 59.4 Å². The maximum absolute atomic E-state index is 13.1. The molecule has 0 aliphatic rings. The van der Waals surface area contributed by atoms with Crippen LogP contribution < -0.4 is 10.6 Å². The number of benzene rings is 2. The minimum atomic E-state index is -0.254. The van der Waals surface area contributed by atoms with Crippen LogP contribution in [0.3, 0.4) is 0 Å². The Morgan fingerprint density at radius 2 is 2.00 bits per heavy atom. The van der Waals surface area contributed by atoms with E-state index in [2.05, 4.69) is 10.6 Å². The first-order valence-corrected chi connectivity index (χ1v) is 7.47. The van der Waals surface area contributed by atoms with E-state index in [1.807, 2.05) is 38.1 Å². The van der Waals surface area contributed by atoms with Gasteiger partial charge in [0.05, 0.1) is 0 Å². The number of carbonyl (C=O) groups excluding carboxylic acids is 1. The highest BCUT2D eigenvalue weighted by molar-refractivity contribution is 5.91. The Kier molecular flexibility index (Phi) is 5.53. The Balaban J connectivity index is 1.98. The number of hydrogen-bond acceptors (Lipinski definition) is 2. The number of carbonyl (C=O) groups is 1. The number of amides is 1. The summed E-state index contributed by atoms with van der Waals surface area (Å²) in [5.41, 5.74) is 3.68. The third-order valence-corrected chi connectivity index (χ3v) is 3.36. The first kappa shape index (κ1) is 16.0. The average molecular weight is 300 g/mol. The summed E-state index contributed by atoms with van der Waals surface area (Å²) in [5, 5.41) is 6.09. The van der Waals surface area contributed by atoms with Gasteiger partial charge in [0.15, 0.2) is 0 Å². The van der Waals surface area contributed by atoms with Crippen molar-refractivity contribution in [1.82, 2.24) is 0 Å². The summed E-state index contributed by atoms with van der Waals surface area (Å²) in [7, 11) is 0. The molecule has 0 atom stereocenters. The highest BCUT2D eigenvalue weighted by atomic mass is 19.1. The van der Waals surface area contributed by atoms with Crippen LogP contribution in [0.5, 0.6) is 0 Å². The maximum atomic E-state index is 13.1. The molecule has 2 aromatic carbocycles. The largest absolute Gasteiger partial charge is 0.381 e. The first-order valence-electron chi connectivity index (χ1n) is 7.47. The lowest BCUT2D eigenvalue weighted by Gasteiger charge is -2.11. The molecule has 0 aliphatic carbocycles. The molecule has 116 valence electrons. The Hall–Kier alpha value is -2.36. The van der Waals surface area contributed by atoms with Gasteiger partial charge in [-0.15, -0.1) is 0 Å². The molecule has 0 aromatic heterocycles. The number of aryl methyl sites for hydroxylation is 1. The molecule has 0 heterocycles. The number of anilines is 2. The van der Waals surface area contributed by atoms with E-state index in [1.54, 1.807) is 6.07 Å². The highest BCUT2D eigenvalue weighted by Crippen LogP contribution is 2.18. The monoisotopic (exact) mass is 300 g/mol. The zero-order valence-corrected chi connectivity index (χ0v) is 12.9. The SMILES string of the molecule is CCCC(=O)Nc1ccc(CNc2cccc(F)c2)cc1C. The zero-order chi connectivity index (χ0) is 15.9. The van der Waals surface area contributed by atoms with Crippen molar-refractivity contribution in [2.75, 3.05) is 10.6 Å². The van der Waals surface area contributed by atoms with E-state index in [0.717, 1.165) is 28.9 Å². The van der Waals surface area contributed by atoms with Crippen LogP contribution in [0, 0.1) is 12.7 Å². The van der Waals surface area contributed by atoms with Crippen LogP contribution in [-0.4, -0.2) is 5.91 Å². The summed E-state index contributed by atoms with van der Waals surface area (Å²) in [6.45, 7) is 4.55. The van der Waals surface area contributed by atoms with Gasteiger partial charge in [0, 0.05) is 24.3 Å². The lowest BCUT2D eigenvalue weighted by Crippen LogP contribution is -2.11. The maximum Gasteiger partial charge on any atom is 0.224 e. The summed E-state index contributed by atoms with van der Waals surface area (Å²) in [6.07, 6.45) is 1.36. The molecule has 0 saturated heterocycles. The number of halogens is 1. The number of nitrogens with one attached hydrogen (secondary N) is 2. The Morgan fingerprint density at radius 1 is 1.18 bits per heavy atom. The number of rotatable bonds is 6. The van der Waals surface area contributed by atoms with Gasteiger partial charge in [0.2, 0.25) is 5.91 Å². The molecule has 0 bridgehead atoms. The van der Waals surface area contributed by atoms with Gasteiger partial charge in [-0.25, -0.2) is 4.39 Å². The smallest absolute Gasteiger partial charge is 0.224 e. The second-order valence-corrected chi connectivity index (χ2v) is 5.31. The molecule has 2 rings (SSSR count). The van der Waals surface area contributed by atoms with Crippen LogP contribution in [0.15, 0.2) is 42.5 Å². The fourth-order valence-electron chi connectivity index (χ4n) is 2.22. The molecule has 0 saturated carbocycles. The Bertz CT molecular complexity index is 655. The van der Waals surface area contributed by atoms with Gasteiger partial charge in [-0.3, -0.25) is 4.79 Å². The van der Waals surface area contributed by atoms with Crippen LogP contribution in [0.2, 0.25) is 0 Å². The predicted octanol–water partition coefficient (Wildman–Crippen LogP) is 4.48. The highest BCUT2D eigenvalue weighted by Gasteiger charge is 2.05. The molecule has 0 spiro atoms. The molecule has 4 heteroatoms. The van der Waals surface area contributed by atoms with E-state index in [1.165, 1.54) is 12.1 Å². The van der Waals surface area contributed by atoms with Gasteiger partial charge in [0.1, 0.15) is 5.82 Å². The van der Waals surface area contributed by atoms with E-state index in [4.69, 9.17) is 0 Å². The van der Waals surface area contributed by atoms with E-state index in [-0.39, 0.29) is 11.7 Å². The van der Waals surface area contributed by atoms with E-state index in [0.29, 0.717) is 13.0 Å². The standard InChI is InChI=1S/C18H21FN2O/c1-3-5-18(22)21-17-9-8-14(10-13(17)2)12-20-16-7-4-6-15(19)11-16/h4,6-11,20H,3,5,12H2,1-2H3,(H,21,22). The lowest BCUT2D eigenvalue weighted by atomic mass is 10.1. The van der Waals surface area contributed by atoms with Crippen molar-refractivity contribution < 1.29 is 9.18 Å². The summed E-state index contributed by atoms with van der Waals surface area (Å²) in [5.74, 6) is -0.216. The van der Waals surface area contributed by atoms with Gasteiger partial charge in [-0.05, 0) is 48.7 Å². The van der Waals surface area contributed by atoms with Crippen molar-refractivity contribution >= 4 is 17.3 Å². The van der Waals surface area contributed by atoms with Crippen LogP contribution in [0.4, 0.5) is 15.8 Å². The Labute approximate surface area is 130 Å². The predicted molar refractivity (Wildman–Crippen MR) is 88.4 cm³/mol. The molecule has 2 aromatic rings. The summed E-state index contributed by atoms with van der Waals surface area (Å²) >= 11 is 0. The molecule has 2 N–H and O–H groups in total. The van der Waals surface area contributed by atoms with Crippen molar-refractivity contribution in [1.29, 1.82) is 0 Å². The van der Waals surface area contributed by atoms with E-state index < -0.39 is 0 Å². The second kappa shape index (κ2) is 7.59. The van der Waals surface area contributed by atoms with Gasteiger partial charge < -0.3 is 10.6 Å². The van der Waals surface area contributed by atoms with E-state index >= 15 is 0 Å². The summed E-state index contributed by atoms with van der Waals surface area (Å²) < 4.78 is 13.1. The second-order valence-electron chi connectivity index (χ2n) is 5.31. The minimum Gasteiger partial charge on any atom is -0.381 e. The zero-order valence-electron chi connectivity index (χ0n) is 12.9. The fraction of sp³-hybridized carbons (Fsp3) is 0.278. The molecule has 0 unspecified atom stereocenters. The van der Waals surface area contributed by atoms with Crippen molar-refractivity contribution in [2.24, 2.45) is 0 Å². The number of hydrogen-bond donors (Lipinski definition) is 2. The third-order valence-electron chi connectivity index (χ3n) is 3.36. The van der Waals surface area contributed by atoms with Gasteiger partial charge >= 0.3 is 0 Å². The first-order chi connectivity index (χ1) is 10.6.